The topological polar surface area (TPSA) is 260 Å². The minimum Gasteiger partial charge on any atom is -0.444 e. The summed E-state index contributed by atoms with van der Waals surface area (Å²) in [5.74, 6) is -5.82. The van der Waals surface area contributed by atoms with Crippen LogP contribution >= 0.6 is 34.8 Å². The lowest BCUT2D eigenvalue weighted by Crippen LogP contribution is -2.51. The summed E-state index contributed by atoms with van der Waals surface area (Å²) < 4.78 is 67.4. The maximum atomic E-state index is 13.6. The van der Waals surface area contributed by atoms with Gasteiger partial charge < -0.3 is 37.9 Å². The number of carbonyl (C=O) groups is 5. The largest absolute Gasteiger partial charge is 0.471 e. The highest BCUT2D eigenvalue weighted by Gasteiger charge is 2.52. The molecule has 0 spiro atoms. The summed E-state index contributed by atoms with van der Waals surface area (Å²) in [5.41, 5.74) is 15.5. The van der Waals surface area contributed by atoms with E-state index in [2.05, 4.69) is 30.6 Å². The zero-order chi connectivity index (χ0) is 46.7. The van der Waals surface area contributed by atoms with E-state index in [0.29, 0.717) is 6.42 Å². The lowest BCUT2D eigenvalue weighted by atomic mass is 9.88. The van der Waals surface area contributed by atoms with Crippen molar-refractivity contribution in [1.82, 2.24) is 30.6 Å². The summed E-state index contributed by atoms with van der Waals surface area (Å²) in [4.78, 5) is 70.8. The van der Waals surface area contributed by atoms with Crippen LogP contribution in [0, 0.1) is 64.9 Å². The van der Waals surface area contributed by atoms with Crippen LogP contribution in [0.1, 0.15) is 40.0 Å². The molecule has 2 heterocycles. The highest BCUT2D eigenvalue weighted by Crippen LogP contribution is 2.46. The van der Waals surface area contributed by atoms with Crippen LogP contribution < -0.4 is 33.2 Å². The second-order valence-electron chi connectivity index (χ2n) is 16.6. The van der Waals surface area contributed by atoms with Gasteiger partial charge in [-0.15, -0.1) is 0 Å². The Morgan fingerprint density at radius 2 is 1.03 bits per heavy atom. The molecule has 8 rings (SSSR count). The summed E-state index contributed by atoms with van der Waals surface area (Å²) in [6.45, 7) is 5.41. The summed E-state index contributed by atoms with van der Waals surface area (Å²) in [5, 5.41) is 7.25. The maximum Gasteiger partial charge on any atom is 0.471 e. The van der Waals surface area contributed by atoms with E-state index in [9.17, 15) is 45.9 Å². The van der Waals surface area contributed by atoms with E-state index < -0.39 is 53.3 Å². The van der Waals surface area contributed by atoms with Gasteiger partial charge in [0.1, 0.15) is 5.60 Å². The Labute approximate surface area is 372 Å². The molecule has 6 aliphatic carbocycles. The van der Waals surface area contributed by atoms with Crippen molar-refractivity contribution in [1.29, 1.82) is 0 Å². The molecular weight excluding hydrogens is 906 g/mol. The predicted octanol–water partition coefficient (Wildman–Crippen LogP) is 4.81. The third-order valence-electron chi connectivity index (χ3n) is 11.3. The van der Waals surface area contributed by atoms with Crippen LogP contribution in [0.25, 0.3) is 0 Å². The number of nitrogens with two attached hydrogens (primary N) is 3. The smallest absolute Gasteiger partial charge is 0.444 e. The second-order valence-corrected chi connectivity index (χ2v) is 17.6. The van der Waals surface area contributed by atoms with Crippen LogP contribution in [0.4, 0.5) is 32.6 Å². The second kappa shape index (κ2) is 19.7. The van der Waals surface area contributed by atoms with Crippen molar-refractivity contribution in [3.8, 4) is 0 Å². The molecule has 3 saturated carbocycles. The molecule has 12 atom stereocenters. The van der Waals surface area contributed by atoms with Gasteiger partial charge in [-0.2, -0.15) is 18.2 Å². The highest BCUT2D eigenvalue weighted by molar-refractivity contribution is 6.31. The van der Waals surface area contributed by atoms with Crippen LogP contribution in [-0.4, -0.2) is 79.6 Å². The van der Waals surface area contributed by atoms with Crippen molar-refractivity contribution in [2.75, 3.05) is 5.32 Å². The Kier molecular flexibility index (Phi) is 15.3. The third kappa shape index (κ3) is 12.1. The molecule has 3 fully saturated rings. The van der Waals surface area contributed by atoms with Gasteiger partial charge in [0.25, 0.3) is 0 Å². The number of carbonyl (C=O) groups excluding carboxylic acids is 5. The number of alkyl halides is 3. The van der Waals surface area contributed by atoms with Gasteiger partial charge in [-0.1, -0.05) is 48.1 Å². The van der Waals surface area contributed by atoms with Crippen molar-refractivity contribution in [3.05, 3.63) is 76.2 Å². The number of anilines is 1. The fourth-order valence-electron chi connectivity index (χ4n) is 8.83. The summed E-state index contributed by atoms with van der Waals surface area (Å²) in [6, 6.07) is -1.31. The van der Waals surface area contributed by atoms with Crippen molar-refractivity contribution in [2.24, 2.45) is 70.5 Å². The van der Waals surface area contributed by atoms with Gasteiger partial charge in [0.15, 0.2) is 22.6 Å². The third-order valence-corrected chi connectivity index (χ3v) is 11.9. The normalized spacial score (nSPS) is 30.0. The molecule has 2 aromatic rings. The highest BCUT2D eigenvalue weighted by atomic mass is 35.5. The van der Waals surface area contributed by atoms with Gasteiger partial charge in [-0.25, -0.2) is 28.5 Å². The molecule has 0 unspecified atom stereocenters. The number of amides is 5. The minimum atomic E-state index is -4.94. The first-order valence-electron chi connectivity index (χ1n) is 19.4. The predicted molar refractivity (Wildman–Crippen MR) is 218 cm³/mol. The molecule has 0 saturated heterocycles. The Hall–Kier alpha value is -5.15. The lowest BCUT2D eigenvalue weighted by Gasteiger charge is -2.28. The zero-order valence-electron chi connectivity index (χ0n) is 33.7. The lowest BCUT2D eigenvalue weighted by molar-refractivity contribution is -0.175. The van der Waals surface area contributed by atoms with E-state index in [4.69, 9.17) is 56.7 Å². The number of fused-ring (bicyclic) bond motifs is 6. The van der Waals surface area contributed by atoms with Crippen molar-refractivity contribution in [3.63, 3.8) is 0 Å². The number of hydrogen-bond donors (Lipinski definition) is 6. The number of primary amides is 3. The fraction of sp³-hybridized carbons (Fsp3) is 0.513. The summed E-state index contributed by atoms with van der Waals surface area (Å²) in [7, 11) is 0. The number of nitrogens with zero attached hydrogens (tertiary/aromatic N) is 4. The summed E-state index contributed by atoms with van der Waals surface area (Å²) >= 11 is 16.1. The first-order chi connectivity index (χ1) is 29.3. The minimum absolute atomic E-state index is 0.0113. The van der Waals surface area contributed by atoms with Gasteiger partial charge in [0.2, 0.25) is 28.3 Å². The van der Waals surface area contributed by atoms with Crippen molar-refractivity contribution >= 4 is 70.3 Å². The van der Waals surface area contributed by atoms with E-state index in [1.54, 1.807) is 32.9 Å². The average Bonchev–Trinajstić information content (AvgIpc) is 4.04. The van der Waals surface area contributed by atoms with Crippen LogP contribution in [0.5, 0.6) is 0 Å². The van der Waals surface area contributed by atoms with Crippen LogP contribution in [0.15, 0.2) is 48.8 Å². The monoisotopic (exact) mass is 948 g/mol. The molecule has 0 aliphatic heterocycles. The quantitative estimate of drug-likeness (QED) is 0.0950. The number of halogens is 8. The van der Waals surface area contributed by atoms with Gasteiger partial charge in [0.05, 0.1) is 36.2 Å². The molecule has 9 N–H and O–H groups in total. The average molecular weight is 950 g/mol. The number of alkyl carbamates (subject to hydrolysis) is 1. The van der Waals surface area contributed by atoms with Crippen LogP contribution in [-0.2, 0) is 23.9 Å². The Bertz CT molecular complexity index is 2180. The SMILES string of the molecule is CC(C)(C)OC(=O)N[C@H]1[C@@H](C(N)=O)[C@@H]2C=C[C@H]1C2.Fc1cnc(Cl)nc1Cl.NC(=O)[C@@H]1[C@H](NC(=O)C(F)(F)F)[C@H]2C=C[C@@H]1C2.NC(=O)[C@@H]1[C@H](Nc2nc(Cl)ncc2F)[C@H]2C=C[C@@H]1C2. The maximum absolute atomic E-state index is 13.6. The molecule has 63 heavy (non-hydrogen) atoms. The van der Waals surface area contributed by atoms with E-state index in [1.165, 1.54) is 0 Å². The molecule has 6 aliphatic rings. The van der Waals surface area contributed by atoms with Crippen LogP contribution in [0.3, 0.4) is 0 Å². The van der Waals surface area contributed by atoms with Gasteiger partial charge in [-0.05, 0) is 98.7 Å². The van der Waals surface area contributed by atoms with Crippen molar-refractivity contribution in [2.45, 2.75) is 69.9 Å². The summed E-state index contributed by atoms with van der Waals surface area (Å²) in [6.07, 6.45) is 10.4. The standard InChI is InChI=1S/C13H20N2O3.C12H12ClFN4O.C10H11F3N2O2.C4HCl2FN2/c1-13(2,3)18-12(17)15-10-8-5-4-7(6-8)9(10)11(14)16;13-12-16-4-7(14)11(18-12)17-9-6-2-1-5(3-6)8(9)10(15)19;11-10(12,13)9(17)15-7-5-2-1-4(3-5)6(7)8(14)16;5-3-2(7)1-8-4(6)9-3/h4-5,7-10H,6H2,1-3H3,(H2,14,16)(H,15,17);1-2,4-6,8-9H,3H2,(H2,15,19)(H,16,17,18);1-2,4-7H,3H2,(H2,14,16)(H,15,17);1H/t7-,8+,9+,10-;5-,6+,8+,9-;4-,5+,6+,7-;/m111./s1. The number of rotatable bonds is 7. The molecule has 6 bridgehead atoms. The van der Waals surface area contributed by atoms with E-state index in [-0.39, 0.29) is 92.8 Å². The Morgan fingerprint density at radius 3 is 1.44 bits per heavy atom. The number of ether oxygens (including phenoxy) is 1. The zero-order valence-corrected chi connectivity index (χ0v) is 35.9. The first-order valence-corrected chi connectivity index (χ1v) is 20.6. The number of nitrogens with one attached hydrogen (secondary N) is 3. The number of allylic oxidation sites excluding steroid dienone is 3. The van der Waals surface area contributed by atoms with E-state index in [0.717, 1.165) is 25.2 Å². The van der Waals surface area contributed by atoms with Crippen molar-refractivity contribution < 1.29 is 50.7 Å². The Balaban J connectivity index is 0.000000163. The fourth-order valence-corrected chi connectivity index (χ4v) is 9.27. The molecule has 24 heteroatoms. The number of aromatic nitrogens is 4. The van der Waals surface area contributed by atoms with E-state index in [1.807, 2.05) is 29.6 Å². The molecule has 0 radical (unpaired) electrons. The molecule has 2 aromatic heterocycles. The van der Waals surface area contributed by atoms with Gasteiger partial charge in [0, 0.05) is 12.1 Å². The Morgan fingerprint density at radius 1 is 0.635 bits per heavy atom. The molecule has 342 valence electrons. The van der Waals surface area contributed by atoms with Crippen LogP contribution in [0.2, 0.25) is 15.7 Å². The van der Waals surface area contributed by atoms with Gasteiger partial charge in [-0.3, -0.25) is 19.2 Å². The van der Waals surface area contributed by atoms with E-state index >= 15 is 0 Å². The molecule has 0 aromatic carbocycles. The number of hydrogen-bond acceptors (Lipinski definition) is 11. The molecule has 5 amide bonds. The molecular formula is C39H44Cl3F5N10O6. The first kappa shape index (κ1) is 48.9. The van der Waals surface area contributed by atoms with Gasteiger partial charge >= 0.3 is 18.2 Å². The molecule has 16 nitrogen and oxygen atoms in total.